The van der Waals surface area contributed by atoms with Crippen molar-refractivity contribution in [1.29, 1.82) is 0 Å². The Morgan fingerprint density at radius 1 is 1.48 bits per heavy atom. The van der Waals surface area contributed by atoms with Crippen LogP contribution in [0.1, 0.15) is 20.3 Å². The molecule has 0 saturated carbocycles. The van der Waals surface area contributed by atoms with Crippen LogP contribution in [0.5, 0.6) is 0 Å². The maximum atomic E-state index is 12.2. The SMILES string of the molecule is CC[C@@]1(C)CN(C(=O)Nc2ccc([N+](=O)[O-])cc2)CCO1. The Bertz CT molecular complexity index is 532. The van der Waals surface area contributed by atoms with Crippen LogP contribution in [-0.2, 0) is 4.74 Å². The summed E-state index contributed by atoms with van der Waals surface area (Å²) in [6, 6.07) is 5.56. The van der Waals surface area contributed by atoms with Crippen LogP contribution < -0.4 is 5.32 Å². The maximum Gasteiger partial charge on any atom is 0.322 e. The van der Waals surface area contributed by atoms with Gasteiger partial charge in [-0.15, -0.1) is 0 Å². The molecular formula is C14H19N3O4. The van der Waals surface area contributed by atoms with Gasteiger partial charge in [0.25, 0.3) is 5.69 Å². The summed E-state index contributed by atoms with van der Waals surface area (Å²) >= 11 is 0. The molecule has 0 radical (unpaired) electrons. The minimum absolute atomic E-state index is 0.00192. The van der Waals surface area contributed by atoms with Crippen molar-refractivity contribution in [2.75, 3.05) is 25.0 Å². The molecule has 21 heavy (non-hydrogen) atoms. The number of nitrogens with one attached hydrogen (secondary N) is 1. The van der Waals surface area contributed by atoms with E-state index in [0.717, 1.165) is 6.42 Å². The molecule has 1 aromatic rings. The van der Waals surface area contributed by atoms with Crippen LogP contribution >= 0.6 is 0 Å². The third kappa shape index (κ3) is 3.69. The molecule has 0 unspecified atom stereocenters. The lowest BCUT2D eigenvalue weighted by Crippen LogP contribution is -2.52. The van der Waals surface area contributed by atoms with Crippen LogP contribution in [0.4, 0.5) is 16.2 Å². The first-order valence-electron chi connectivity index (χ1n) is 6.88. The average molecular weight is 293 g/mol. The Labute approximate surface area is 123 Å². The third-order valence-electron chi connectivity index (χ3n) is 3.70. The highest BCUT2D eigenvalue weighted by molar-refractivity contribution is 5.89. The molecule has 1 fully saturated rings. The first-order valence-corrected chi connectivity index (χ1v) is 6.88. The normalized spacial score (nSPS) is 21.9. The summed E-state index contributed by atoms with van der Waals surface area (Å²) in [4.78, 5) is 24.0. The number of non-ortho nitro benzene ring substituents is 1. The van der Waals surface area contributed by atoms with Crippen molar-refractivity contribution in [3.8, 4) is 0 Å². The second-order valence-electron chi connectivity index (χ2n) is 5.31. The molecule has 0 aromatic heterocycles. The van der Waals surface area contributed by atoms with Crippen molar-refractivity contribution in [2.24, 2.45) is 0 Å². The number of morpholine rings is 1. The van der Waals surface area contributed by atoms with E-state index in [0.29, 0.717) is 25.4 Å². The number of nitro benzene ring substituents is 1. The van der Waals surface area contributed by atoms with Crippen LogP contribution in [0, 0.1) is 10.1 Å². The van der Waals surface area contributed by atoms with E-state index in [1.165, 1.54) is 24.3 Å². The van der Waals surface area contributed by atoms with Gasteiger partial charge < -0.3 is 15.0 Å². The highest BCUT2D eigenvalue weighted by atomic mass is 16.6. The minimum atomic E-state index is -0.472. The molecule has 1 heterocycles. The van der Waals surface area contributed by atoms with E-state index in [9.17, 15) is 14.9 Å². The Balaban J connectivity index is 1.99. The lowest BCUT2D eigenvalue weighted by molar-refractivity contribution is -0.384. The van der Waals surface area contributed by atoms with Crippen LogP contribution in [-0.4, -0.2) is 41.2 Å². The van der Waals surface area contributed by atoms with Gasteiger partial charge >= 0.3 is 6.03 Å². The van der Waals surface area contributed by atoms with Crippen molar-refractivity contribution in [1.82, 2.24) is 4.90 Å². The summed E-state index contributed by atoms with van der Waals surface area (Å²) in [6.45, 7) is 5.59. The van der Waals surface area contributed by atoms with Gasteiger partial charge in [-0.2, -0.15) is 0 Å². The zero-order valence-corrected chi connectivity index (χ0v) is 12.2. The molecule has 2 rings (SSSR count). The summed E-state index contributed by atoms with van der Waals surface area (Å²) < 4.78 is 5.69. The fourth-order valence-corrected chi connectivity index (χ4v) is 2.19. The zero-order valence-electron chi connectivity index (χ0n) is 12.2. The number of nitro groups is 1. The van der Waals surface area contributed by atoms with Gasteiger partial charge in [0, 0.05) is 24.4 Å². The number of ether oxygens (including phenoxy) is 1. The number of benzene rings is 1. The fourth-order valence-electron chi connectivity index (χ4n) is 2.19. The van der Waals surface area contributed by atoms with E-state index < -0.39 is 4.92 Å². The van der Waals surface area contributed by atoms with Gasteiger partial charge in [0.2, 0.25) is 0 Å². The largest absolute Gasteiger partial charge is 0.372 e. The van der Waals surface area contributed by atoms with Crippen molar-refractivity contribution in [3.63, 3.8) is 0 Å². The lowest BCUT2D eigenvalue weighted by atomic mass is 10.0. The number of amides is 2. The highest BCUT2D eigenvalue weighted by Crippen LogP contribution is 2.22. The van der Waals surface area contributed by atoms with Gasteiger partial charge in [0.15, 0.2) is 0 Å². The average Bonchev–Trinajstić information content (AvgIpc) is 2.48. The van der Waals surface area contributed by atoms with Gasteiger partial charge in [0.1, 0.15) is 0 Å². The summed E-state index contributed by atoms with van der Waals surface area (Å²) in [5, 5.41) is 13.3. The van der Waals surface area contributed by atoms with Gasteiger partial charge in [-0.05, 0) is 25.5 Å². The Hall–Kier alpha value is -2.15. The third-order valence-corrected chi connectivity index (χ3v) is 3.70. The molecule has 7 nitrogen and oxygen atoms in total. The predicted molar refractivity (Wildman–Crippen MR) is 78.3 cm³/mol. The molecular weight excluding hydrogens is 274 g/mol. The lowest BCUT2D eigenvalue weighted by Gasteiger charge is -2.39. The Morgan fingerprint density at radius 2 is 2.14 bits per heavy atom. The standard InChI is InChI=1S/C14H19N3O4/c1-3-14(2)10-16(8-9-21-14)13(18)15-11-4-6-12(7-5-11)17(19)20/h4-7H,3,8-10H2,1-2H3,(H,15,18)/t14-/m0/s1. The number of hydrogen-bond acceptors (Lipinski definition) is 4. The van der Waals surface area contributed by atoms with Crippen molar-refractivity contribution in [3.05, 3.63) is 34.4 Å². The number of urea groups is 1. The molecule has 0 bridgehead atoms. The van der Waals surface area contributed by atoms with Crippen LogP contribution in [0.2, 0.25) is 0 Å². The van der Waals surface area contributed by atoms with E-state index >= 15 is 0 Å². The number of carbonyl (C=O) groups excluding carboxylic acids is 1. The van der Waals surface area contributed by atoms with Crippen molar-refractivity contribution >= 4 is 17.4 Å². The number of carbonyl (C=O) groups is 1. The van der Waals surface area contributed by atoms with Crippen molar-refractivity contribution in [2.45, 2.75) is 25.9 Å². The number of anilines is 1. The minimum Gasteiger partial charge on any atom is -0.372 e. The second-order valence-corrected chi connectivity index (χ2v) is 5.31. The van der Waals surface area contributed by atoms with Gasteiger partial charge in [0.05, 0.1) is 23.7 Å². The summed E-state index contributed by atoms with van der Waals surface area (Å²) in [6.07, 6.45) is 0.828. The first kappa shape index (κ1) is 15.2. The zero-order chi connectivity index (χ0) is 15.5. The van der Waals surface area contributed by atoms with Crippen LogP contribution in [0.3, 0.4) is 0 Å². The van der Waals surface area contributed by atoms with E-state index in [1.54, 1.807) is 4.90 Å². The Kier molecular flexibility index (Phi) is 4.42. The molecule has 1 saturated heterocycles. The molecule has 114 valence electrons. The van der Waals surface area contributed by atoms with Gasteiger partial charge in [-0.25, -0.2) is 4.79 Å². The smallest absolute Gasteiger partial charge is 0.322 e. The number of nitrogens with zero attached hydrogens (tertiary/aromatic N) is 2. The van der Waals surface area contributed by atoms with Gasteiger partial charge in [-0.3, -0.25) is 10.1 Å². The van der Waals surface area contributed by atoms with Crippen LogP contribution in [0.15, 0.2) is 24.3 Å². The molecule has 7 heteroatoms. The number of hydrogen-bond donors (Lipinski definition) is 1. The topological polar surface area (TPSA) is 84.7 Å². The maximum absolute atomic E-state index is 12.2. The molecule has 1 aromatic carbocycles. The van der Waals surface area contributed by atoms with E-state index in [-0.39, 0.29) is 17.3 Å². The summed E-state index contributed by atoms with van der Waals surface area (Å²) in [5.74, 6) is 0. The first-order chi connectivity index (χ1) is 9.93. The van der Waals surface area contributed by atoms with Gasteiger partial charge in [-0.1, -0.05) is 6.92 Å². The Morgan fingerprint density at radius 3 is 2.71 bits per heavy atom. The monoisotopic (exact) mass is 293 g/mol. The molecule has 1 atom stereocenters. The molecule has 1 N–H and O–H groups in total. The van der Waals surface area contributed by atoms with E-state index in [2.05, 4.69) is 5.32 Å². The fraction of sp³-hybridized carbons (Fsp3) is 0.500. The predicted octanol–water partition coefficient (Wildman–Crippen LogP) is 2.63. The summed E-state index contributed by atoms with van der Waals surface area (Å²) in [5.41, 5.74) is 0.221. The van der Waals surface area contributed by atoms with E-state index in [4.69, 9.17) is 4.74 Å². The number of rotatable bonds is 3. The quantitative estimate of drug-likeness (QED) is 0.685. The molecule has 0 spiro atoms. The molecule has 1 aliphatic rings. The van der Waals surface area contributed by atoms with E-state index in [1.807, 2.05) is 13.8 Å². The highest BCUT2D eigenvalue weighted by Gasteiger charge is 2.32. The molecule has 2 amide bonds. The second kappa shape index (κ2) is 6.09. The molecule has 0 aliphatic carbocycles. The van der Waals surface area contributed by atoms with Crippen LogP contribution in [0.25, 0.3) is 0 Å². The van der Waals surface area contributed by atoms with Crippen molar-refractivity contribution < 1.29 is 14.5 Å². The summed E-state index contributed by atoms with van der Waals surface area (Å²) in [7, 11) is 0. The molecule has 1 aliphatic heterocycles.